The zero-order valence-electron chi connectivity index (χ0n) is 17.5. The van der Waals surface area contributed by atoms with Crippen molar-refractivity contribution >= 4 is 34.0 Å². The summed E-state index contributed by atoms with van der Waals surface area (Å²) in [6, 6.07) is 17.0. The number of thioether (sulfide) groups is 1. The van der Waals surface area contributed by atoms with Gasteiger partial charge in [0.2, 0.25) is 0 Å². The van der Waals surface area contributed by atoms with Crippen LogP contribution in [0.2, 0.25) is 0 Å². The number of rotatable bonds is 8. The zero-order valence-corrected chi connectivity index (χ0v) is 18.4. The molecular formula is C24H19F2N3O3S. The third-order valence-electron chi connectivity index (χ3n) is 5.06. The minimum absolute atomic E-state index is 0.133. The summed E-state index contributed by atoms with van der Waals surface area (Å²) in [5.74, 6) is -0.326. The van der Waals surface area contributed by atoms with Gasteiger partial charge in [0.25, 0.3) is 0 Å². The topological polar surface area (TPSA) is 77.3 Å². The molecule has 1 N–H and O–H groups in total. The molecule has 0 aliphatic heterocycles. The van der Waals surface area contributed by atoms with Crippen LogP contribution in [0.3, 0.4) is 0 Å². The van der Waals surface area contributed by atoms with Gasteiger partial charge >= 0.3 is 5.69 Å². The Morgan fingerprint density at radius 1 is 1.09 bits per heavy atom. The molecule has 0 saturated heterocycles. The van der Waals surface area contributed by atoms with Crippen molar-refractivity contribution in [2.24, 2.45) is 0 Å². The lowest BCUT2D eigenvalue weighted by Crippen LogP contribution is -2.08. The number of ether oxygens (including phenoxy) is 1. The molecule has 0 unspecified atom stereocenters. The fraction of sp³-hybridized carbons (Fsp3) is 0.125. The Kier molecular flexibility index (Phi) is 6.69. The zero-order chi connectivity index (χ0) is 23.4. The van der Waals surface area contributed by atoms with E-state index in [1.54, 1.807) is 18.2 Å². The summed E-state index contributed by atoms with van der Waals surface area (Å²) < 4.78 is 34.7. The lowest BCUT2D eigenvalue weighted by atomic mass is 10.1. The molecule has 4 rings (SSSR count). The Morgan fingerprint density at radius 3 is 2.48 bits per heavy atom. The van der Waals surface area contributed by atoms with Crippen LogP contribution in [0.4, 0.5) is 20.2 Å². The molecule has 6 nitrogen and oxygen atoms in total. The predicted octanol–water partition coefficient (Wildman–Crippen LogP) is 6.33. The van der Waals surface area contributed by atoms with Crippen molar-refractivity contribution in [1.82, 2.24) is 4.98 Å². The number of anilines is 1. The van der Waals surface area contributed by atoms with Crippen molar-refractivity contribution in [3.63, 3.8) is 0 Å². The molecule has 0 spiro atoms. The maximum absolute atomic E-state index is 14.8. The van der Waals surface area contributed by atoms with Gasteiger partial charge in [-0.15, -0.1) is 11.8 Å². The largest absolute Gasteiger partial charge is 0.497 e. The summed E-state index contributed by atoms with van der Waals surface area (Å²) in [4.78, 5) is 15.5. The predicted molar refractivity (Wildman–Crippen MR) is 125 cm³/mol. The lowest BCUT2D eigenvalue weighted by Gasteiger charge is -2.13. The van der Waals surface area contributed by atoms with Crippen molar-refractivity contribution in [3.8, 4) is 5.75 Å². The molecule has 168 valence electrons. The first-order valence-electron chi connectivity index (χ1n) is 9.96. The molecule has 0 aliphatic carbocycles. The van der Waals surface area contributed by atoms with E-state index in [0.717, 1.165) is 11.8 Å². The first-order valence-corrected chi connectivity index (χ1v) is 10.9. The van der Waals surface area contributed by atoms with Crippen LogP contribution < -0.4 is 10.1 Å². The quantitative estimate of drug-likeness (QED) is 0.185. The Labute approximate surface area is 192 Å². The SMILES string of the molecule is COc1ccc2c(NCc3c(F)cc(SCc4ccccc4)cc3F)c([N+](=O)[O-])cnc2c1. The smallest absolute Gasteiger partial charge is 0.311 e. The van der Waals surface area contributed by atoms with E-state index >= 15 is 0 Å². The van der Waals surface area contributed by atoms with Gasteiger partial charge in [-0.2, -0.15) is 0 Å². The third kappa shape index (κ3) is 5.04. The summed E-state index contributed by atoms with van der Waals surface area (Å²) in [5.41, 5.74) is 1.14. The van der Waals surface area contributed by atoms with E-state index in [1.807, 2.05) is 30.3 Å². The summed E-state index contributed by atoms with van der Waals surface area (Å²) in [5, 5.41) is 14.8. The van der Waals surface area contributed by atoms with Crippen LogP contribution in [-0.4, -0.2) is 17.0 Å². The minimum Gasteiger partial charge on any atom is -0.497 e. The summed E-state index contributed by atoms with van der Waals surface area (Å²) in [6.07, 6.45) is 1.11. The van der Waals surface area contributed by atoms with E-state index in [-0.39, 0.29) is 23.5 Å². The van der Waals surface area contributed by atoms with Crippen molar-refractivity contribution in [2.45, 2.75) is 17.2 Å². The van der Waals surface area contributed by atoms with Gasteiger partial charge in [0.1, 0.15) is 29.3 Å². The number of pyridine rings is 1. The average Bonchev–Trinajstić information content (AvgIpc) is 2.82. The highest BCUT2D eigenvalue weighted by Gasteiger charge is 2.20. The van der Waals surface area contributed by atoms with Gasteiger partial charge in [0.05, 0.1) is 17.5 Å². The fourth-order valence-electron chi connectivity index (χ4n) is 3.36. The average molecular weight is 467 g/mol. The summed E-state index contributed by atoms with van der Waals surface area (Å²) in [6.45, 7) is -0.271. The number of aromatic nitrogens is 1. The fourth-order valence-corrected chi connectivity index (χ4v) is 4.26. The number of fused-ring (bicyclic) bond motifs is 1. The van der Waals surface area contributed by atoms with Crippen LogP contribution in [0.5, 0.6) is 5.75 Å². The van der Waals surface area contributed by atoms with Crippen LogP contribution >= 0.6 is 11.8 Å². The van der Waals surface area contributed by atoms with Crippen LogP contribution in [0.1, 0.15) is 11.1 Å². The minimum atomic E-state index is -0.722. The van der Waals surface area contributed by atoms with Crippen molar-refractivity contribution in [3.05, 3.63) is 99.7 Å². The summed E-state index contributed by atoms with van der Waals surface area (Å²) in [7, 11) is 1.50. The molecule has 9 heteroatoms. The van der Waals surface area contributed by atoms with Gasteiger partial charge in [0.15, 0.2) is 0 Å². The highest BCUT2D eigenvalue weighted by Crippen LogP contribution is 2.34. The number of benzene rings is 3. The molecule has 0 saturated carbocycles. The standard InChI is InChI=1S/C24H19F2N3O3S/c1-32-16-7-8-18-22(9-16)27-13-23(29(30)31)24(18)28-12-19-20(25)10-17(11-21(19)26)33-14-15-5-3-2-4-6-15/h2-11,13H,12,14H2,1H3,(H,27,28). The van der Waals surface area contributed by atoms with Crippen LogP contribution in [0.25, 0.3) is 10.9 Å². The molecule has 33 heavy (non-hydrogen) atoms. The molecular weight excluding hydrogens is 448 g/mol. The van der Waals surface area contributed by atoms with E-state index in [9.17, 15) is 18.9 Å². The number of nitrogens with zero attached hydrogens (tertiary/aromatic N) is 2. The van der Waals surface area contributed by atoms with Crippen molar-refractivity contribution in [2.75, 3.05) is 12.4 Å². The highest BCUT2D eigenvalue weighted by molar-refractivity contribution is 7.98. The number of nitrogens with one attached hydrogen (secondary N) is 1. The third-order valence-corrected chi connectivity index (χ3v) is 6.10. The number of nitro groups is 1. The number of methoxy groups -OCH3 is 1. The Bertz CT molecular complexity index is 1300. The van der Waals surface area contributed by atoms with Crippen molar-refractivity contribution < 1.29 is 18.4 Å². The molecule has 0 aliphatic rings. The normalized spacial score (nSPS) is 10.9. The second-order valence-electron chi connectivity index (χ2n) is 7.15. The number of hydrogen-bond acceptors (Lipinski definition) is 6. The van der Waals surface area contributed by atoms with Gasteiger partial charge in [-0.3, -0.25) is 10.1 Å². The molecule has 3 aromatic carbocycles. The molecule has 4 aromatic rings. The van der Waals surface area contributed by atoms with Gasteiger partial charge in [-0.05, 0) is 29.8 Å². The van der Waals surface area contributed by atoms with E-state index in [1.165, 1.54) is 31.0 Å². The Hall–Kier alpha value is -3.72. The monoisotopic (exact) mass is 467 g/mol. The second kappa shape index (κ2) is 9.83. The maximum Gasteiger partial charge on any atom is 0.311 e. The van der Waals surface area contributed by atoms with Crippen LogP contribution in [0, 0.1) is 21.7 Å². The number of hydrogen-bond donors (Lipinski definition) is 1. The van der Waals surface area contributed by atoms with E-state index in [4.69, 9.17) is 4.74 Å². The summed E-state index contributed by atoms with van der Waals surface area (Å²) >= 11 is 1.33. The van der Waals surface area contributed by atoms with E-state index < -0.39 is 16.6 Å². The van der Waals surface area contributed by atoms with Crippen molar-refractivity contribution in [1.29, 1.82) is 0 Å². The molecule has 0 atom stereocenters. The van der Waals surface area contributed by atoms with E-state index in [2.05, 4.69) is 10.3 Å². The molecule has 1 aromatic heterocycles. The Morgan fingerprint density at radius 2 is 1.82 bits per heavy atom. The van der Waals surface area contributed by atoms with Gasteiger partial charge in [-0.25, -0.2) is 13.8 Å². The molecule has 1 heterocycles. The molecule has 0 fully saturated rings. The van der Waals surface area contributed by atoms with Gasteiger partial charge < -0.3 is 10.1 Å². The van der Waals surface area contributed by atoms with Gasteiger partial charge in [-0.1, -0.05) is 30.3 Å². The Balaban J connectivity index is 1.58. The molecule has 0 amide bonds. The lowest BCUT2D eigenvalue weighted by molar-refractivity contribution is -0.384. The maximum atomic E-state index is 14.8. The second-order valence-corrected chi connectivity index (χ2v) is 8.20. The molecule has 0 radical (unpaired) electrons. The first-order chi connectivity index (χ1) is 16.0. The highest BCUT2D eigenvalue weighted by atomic mass is 32.2. The van der Waals surface area contributed by atoms with Crippen LogP contribution in [0.15, 0.2) is 71.8 Å². The molecule has 0 bridgehead atoms. The van der Waals surface area contributed by atoms with Crippen LogP contribution in [-0.2, 0) is 12.3 Å². The number of halogens is 2. The van der Waals surface area contributed by atoms with E-state index in [0.29, 0.717) is 27.3 Å². The first kappa shape index (κ1) is 22.5. The van der Waals surface area contributed by atoms with Gasteiger partial charge in [0, 0.05) is 34.2 Å².